The Labute approximate surface area is 199 Å². The molecule has 11 nitrogen and oxygen atoms in total. The Bertz CT molecular complexity index is 1440. The summed E-state index contributed by atoms with van der Waals surface area (Å²) >= 11 is 0. The molecule has 1 aliphatic carbocycles. The van der Waals surface area contributed by atoms with E-state index in [2.05, 4.69) is 25.6 Å². The minimum Gasteiger partial charge on any atom is -0.470 e. The van der Waals surface area contributed by atoms with Crippen LogP contribution in [0, 0.1) is 0 Å². The summed E-state index contributed by atoms with van der Waals surface area (Å²) in [6.45, 7) is 0.0261. The fourth-order valence-corrected chi connectivity index (χ4v) is 3.54. The van der Waals surface area contributed by atoms with Crippen molar-refractivity contribution in [2.75, 3.05) is 13.7 Å². The zero-order valence-electron chi connectivity index (χ0n) is 19.0. The lowest BCUT2D eigenvalue weighted by molar-refractivity contribution is -0.117. The first-order chi connectivity index (χ1) is 17.0. The van der Waals surface area contributed by atoms with Gasteiger partial charge in [0.05, 0.1) is 17.0 Å². The summed E-state index contributed by atoms with van der Waals surface area (Å²) in [5, 5.41) is 17.3. The van der Waals surface area contributed by atoms with Gasteiger partial charge in [-0.3, -0.25) is 14.6 Å². The Kier molecular flexibility index (Phi) is 6.06. The molecule has 0 atom stereocenters. The lowest BCUT2D eigenvalue weighted by Crippen LogP contribution is -2.25. The number of carbonyl (C=O) groups excluding carboxylic acids is 2. The minimum absolute atomic E-state index is 0.101. The molecule has 1 saturated carbocycles. The SMILES string of the molecule is COCC(=O)C=C(N)c1nnc2c3ccccc3c(OCc3ccc(C(=O)NC4CC4)cn3)nn12. The quantitative estimate of drug-likeness (QED) is 0.346. The lowest BCUT2D eigenvalue weighted by Gasteiger charge is -2.10. The molecule has 1 amide bonds. The number of benzene rings is 1. The number of methoxy groups -OCH3 is 1. The van der Waals surface area contributed by atoms with Gasteiger partial charge in [-0.15, -0.1) is 15.3 Å². The van der Waals surface area contributed by atoms with E-state index in [9.17, 15) is 9.59 Å². The normalized spacial score (nSPS) is 13.8. The number of fused-ring (bicyclic) bond motifs is 3. The van der Waals surface area contributed by atoms with Crippen LogP contribution in [0.5, 0.6) is 5.88 Å². The summed E-state index contributed by atoms with van der Waals surface area (Å²) in [4.78, 5) is 28.4. The maximum atomic E-state index is 12.2. The van der Waals surface area contributed by atoms with Crippen LogP contribution in [0.3, 0.4) is 0 Å². The Hall–Kier alpha value is -4.38. The summed E-state index contributed by atoms with van der Waals surface area (Å²) in [5.41, 5.74) is 7.82. The monoisotopic (exact) mass is 473 g/mol. The molecule has 178 valence electrons. The Morgan fingerprint density at radius 3 is 2.69 bits per heavy atom. The fourth-order valence-electron chi connectivity index (χ4n) is 3.54. The second-order valence-corrected chi connectivity index (χ2v) is 8.18. The van der Waals surface area contributed by atoms with Gasteiger partial charge in [-0.25, -0.2) is 0 Å². The lowest BCUT2D eigenvalue weighted by atomic mass is 10.2. The van der Waals surface area contributed by atoms with Crippen LogP contribution >= 0.6 is 0 Å². The van der Waals surface area contributed by atoms with E-state index in [1.165, 1.54) is 23.9 Å². The highest BCUT2D eigenvalue weighted by Crippen LogP contribution is 2.27. The summed E-state index contributed by atoms with van der Waals surface area (Å²) in [5.74, 6) is 0.103. The number of ketones is 1. The van der Waals surface area contributed by atoms with Crippen LogP contribution in [0.1, 0.15) is 34.7 Å². The number of pyridine rings is 1. The molecule has 1 fully saturated rings. The predicted molar refractivity (Wildman–Crippen MR) is 126 cm³/mol. The van der Waals surface area contributed by atoms with Crippen molar-refractivity contribution in [1.82, 2.24) is 30.1 Å². The number of carbonyl (C=O) groups is 2. The zero-order chi connectivity index (χ0) is 24.4. The van der Waals surface area contributed by atoms with E-state index in [1.54, 1.807) is 12.1 Å². The Morgan fingerprint density at radius 2 is 1.97 bits per heavy atom. The number of amides is 1. The van der Waals surface area contributed by atoms with Gasteiger partial charge in [-0.1, -0.05) is 18.2 Å². The van der Waals surface area contributed by atoms with Gasteiger partial charge in [0.25, 0.3) is 5.91 Å². The number of nitrogens with two attached hydrogens (primary N) is 1. The number of hydrogen-bond acceptors (Lipinski definition) is 9. The number of aromatic nitrogens is 5. The summed E-state index contributed by atoms with van der Waals surface area (Å²) in [7, 11) is 1.43. The first kappa shape index (κ1) is 22.4. The first-order valence-electron chi connectivity index (χ1n) is 11.1. The molecular formula is C24H23N7O4. The third kappa shape index (κ3) is 4.80. The van der Waals surface area contributed by atoms with Crippen LogP contribution in [-0.2, 0) is 16.1 Å². The molecule has 35 heavy (non-hydrogen) atoms. The molecule has 0 radical (unpaired) electrons. The highest BCUT2D eigenvalue weighted by atomic mass is 16.5. The van der Waals surface area contributed by atoms with Crippen molar-refractivity contribution in [3.63, 3.8) is 0 Å². The van der Waals surface area contributed by atoms with Crippen LogP contribution in [0.4, 0.5) is 0 Å². The average molecular weight is 473 g/mol. The number of nitrogens with zero attached hydrogens (tertiary/aromatic N) is 5. The topological polar surface area (TPSA) is 147 Å². The van der Waals surface area contributed by atoms with E-state index in [0.29, 0.717) is 22.8 Å². The largest absolute Gasteiger partial charge is 0.470 e. The maximum Gasteiger partial charge on any atom is 0.253 e. The number of rotatable bonds is 9. The first-order valence-corrected chi connectivity index (χ1v) is 11.1. The molecule has 0 spiro atoms. The van der Waals surface area contributed by atoms with Crippen molar-refractivity contribution in [1.29, 1.82) is 0 Å². The number of ether oxygens (including phenoxy) is 2. The molecule has 5 rings (SSSR count). The van der Waals surface area contributed by atoms with E-state index in [0.717, 1.165) is 23.6 Å². The van der Waals surface area contributed by atoms with Crippen LogP contribution in [0.15, 0.2) is 48.7 Å². The zero-order valence-corrected chi connectivity index (χ0v) is 19.0. The highest BCUT2D eigenvalue weighted by Gasteiger charge is 2.24. The van der Waals surface area contributed by atoms with Crippen molar-refractivity contribution in [3.8, 4) is 5.88 Å². The van der Waals surface area contributed by atoms with Crippen LogP contribution in [-0.4, -0.2) is 56.2 Å². The molecule has 0 bridgehead atoms. The molecule has 0 aliphatic heterocycles. The molecule has 3 N–H and O–H groups in total. The van der Waals surface area contributed by atoms with Gasteiger partial charge in [0.2, 0.25) is 11.7 Å². The molecule has 3 aromatic heterocycles. The third-order valence-corrected chi connectivity index (χ3v) is 5.45. The minimum atomic E-state index is -0.306. The molecule has 1 aliphatic rings. The fraction of sp³-hybridized carbons (Fsp3) is 0.250. The standard InChI is InChI=1S/C24H23N7O4/c1-34-13-17(32)10-20(25)22-29-28-21-18-4-2-3-5-19(18)24(30-31(21)22)35-12-16-7-6-14(11-26-16)23(33)27-15-8-9-15/h2-7,10-11,15H,8-9,12-13,25H2,1H3,(H,27,33). The van der Waals surface area contributed by atoms with Crippen LogP contribution in [0.2, 0.25) is 0 Å². The van der Waals surface area contributed by atoms with Gasteiger partial charge in [-0.2, -0.15) is 4.52 Å². The number of hydrogen-bond donors (Lipinski definition) is 2. The van der Waals surface area contributed by atoms with Crippen molar-refractivity contribution >= 4 is 33.8 Å². The van der Waals surface area contributed by atoms with E-state index in [1.807, 2.05) is 24.3 Å². The summed E-state index contributed by atoms with van der Waals surface area (Å²) < 4.78 is 12.3. The smallest absolute Gasteiger partial charge is 0.253 e. The molecule has 11 heteroatoms. The van der Waals surface area contributed by atoms with Gasteiger partial charge in [-0.05, 0) is 31.0 Å². The van der Waals surface area contributed by atoms with Gasteiger partial charge in [0, 0.05) is 36.2 Å². The highest BCUT2D eigenvalue weighted by molar-refractivity contribution is 5.98. The van der Waals surface area contributed by atoms with Crippen molar-refractivity contribution in [2.24, 2.45) is 5.73 Å². The molecule has 0 unspecified atom stereocenters. The molecule has 0 saturated heterocycles. The predicted octanol–water partition coefficient (Wildman–Crippen LogP) is 1.66. The maximum absolute atomic E-state index is 12.2. The van der Waals surface area contributed by atoms with Gasteiger partial charge >= 0.3 is 0 Å². The molecule has 4 aromatic rings. The van der Waals surface area contributed by atoms with Crippen molar-refractivity contribution < 1.29 is 19.1 Å². The Morgan fingerprint density at radius 1 is 1.17 bits per heavy atom. The van der Waals surface area contributed by atoms with Crippen LogP contribution in [0.25, 0.3) is 22.1 Å². The summed E-state index contributed by atoms with van der Waals surface area (Å²) in [6.07, 6.45) is 4.82. The summed E-state index contributed by atoms with van der Waals surface area (Å²) in [6, 6.07) is 11.2. The third-order valence-electron chi connectivity index (χ3n) is 5.45. The second-order valence-electron chi connectivity index (χ2n) is 8.18. The Balaban J connectivity index is 1.43. The van der Waals surface area contributed by atoms with E-state index in [-0.39, 0.29) is 42.5 Å². The number of nitrogens with one attached hydrogen (secondary N) is 1. The van der Waals surface area contributed by atoms with Crippen molar-refractivity contribution in [2.45, 2.75) is 25.5 Å². The van der Waals surface area contributed by atoms with E-state index < -0.39 is 0 Å². The van der Waals surface area contributed by atoms with Crippen LogP contribution < -0.4 is 15.8 Å². The van der Waals surface area contributed by atoms with Gasteiger partial charge < -0.3 is 20.5 Å². The van der Waals surface area contributed by atoms with E-state index >= 15 is 0 Å². The van der Waals surface area contributed by atoms with E-state index in [4.69, 9.17) is 15.2 Å². The van der Waals surface area contributed by atoms with Gasteiger partial charge in [0.15, 0.2) is 11.4 Å². The molecular weight excluding hydrogens is 450 g/mol. The molecule has 1 aromatic carbocycles. The van der Waals surface area contributed by atoms with Crippen molar-refractivity contribution in [3.05, 3.63) is 65.8 Å². The second kappa shape index (κ2) is 9.47. The average Bonchev–Trinajstić information content (AvgIpc) is 3.57. The van der Waals surface area contributed by atoms with Gasteiger partial charge in [0.1, 0.15) is 13.2 Å². The molecule has 3 heterocycles.